The fraction of sp³-hybridized carbons (Fsp3) is 0.450. The van der Waals surface area contributed by atoms with Crippen molar-refractivity contribution in [2.45, 2.75) is 32.9 Å². The van der Waals surface area contributed by atoms with Crippen LogP contribution in [0.5, 0.6) is 0 Å². The number of amides is 2. The number of benzene rings is 1. The number of para-hydroxylation sites is 1. The lowest BCUT2D eigenvalue weighted by Gasteiger charge is -2.35. The lowest BCUT2D eigenvalue weighted by molar-refractivity contribution is -0.133. The summed E-state index contributed by atoms with van der Waals surface area (Å²) in [6, 6.07) is 5.87. The van der Waals surface area contributed by atoms with Crippen LogP contribution in [0.1, 0.15) is 29.8 Å². The minimum Gasteiger partial charge on any atom is -0.447 e. The first kappa shape index (κ1) is 17.6. The van der Waals surface area contributed by atoms with Crippen molar-refractivity contribution in [1.82, 2.24) is 14.4 Å². The van der Waals surface area contributed by atoms with Crippen LogP contribution in [-0.4, -0.2) is 64.4 Å². The van der Waals surface area contributed by atoms with Crippen molar-refractivity contribution in [3.8, 4) is 0 Å². The summed E-state index contributed by atoms with van der Waals surface area (Å²) in [6.45, 7) is 5.63. The Morgan fingerprint density at radius 3 is 2.81 bits per heavy atom. The van der Waals surface area contributed by atoms with Crippen LogP contribution in [0.15, 0.2) is 24.4 Å². The number of aromatic nitrogens is 1. The van der Waals surface area contributed by atoms with E-state index in [-0.39, 0.29) is 30.4 Å². The molecule has 7 heteroatoms. The summed E-state index contributed by atoms with van der Waals surface area (Å²) in [5, 5.41) is 0.897. The number of Topliss-reactive ketones (excluding diaryl/α,β-unsaturated/α-hetero) is 1. The van der Waals surface area contributed by atoms with E-state index in [1.54, 1.807) is 22.9 Å². The van der Waals surface area contributed by atoms with Crippen LogP contribution in [-0.2, 0) is 22.5 Å². The predicted octanol–water partition coefficient (Wildman–Crippen LogP) is 2.07. The lowest BCUT2D eigenvalue weighted by atomic mass is 10.1. The molecule has 7 nitrogen and oxygen atoms in total. The topological polar surface area (TPSA) is 71.9 Å². The van der Waals surface area contributed by atoms with Crippen molar-refractivity contribution in [3.05, 3.63) is 35.5 Å². The van der Waals surface area contributed by atoms with Gasteiger partial charge in [-0.15, -0.1) is 0 Å². The summed E-state index contributed by atoms with van der Waals surface area (Å²) in [7, 11) is 0. The van der Waals surface area contributed by atoms with Gasteiger partial charge in [-0.3, -0.25) is 14.5 Å². The Morgan fingerprint density at radius 1 is 1.26 bits per heavy atom. The second kappa shape index (κ2) is 6.72. The Kier molecular flexibility index (Phi) is 4.37. The molecule has 2 aromatic rings. The third kappa shape index (κ3) is 2.97. The quantitative estimate of drug-likeness (QED) is 0.774. The van der Waals surface area contributed by atoms with E-state index in [1.165, 1.54) is 0 Å². The number of nitrogens with zero attached hydrogens (tertiary/aromatic N) is 3. The first-order valence-electron chi connectivity index (χ1n) is 9.32. The highest BCUT2D eigenvalue weighted by molar-refractivity contribution is 6.07. The molecule has 2 aliphatic rings. The van der Waals surface area contributed by atoms with Crippen LogP contribution in [0.4, 0.5) is 4.79 Å². The number of piperazine rings is 1. The maximum Gasteiger partial charge on any atom is 0.410 e. The van der Waals surface area contributed by atoms with Crippen LogP contribution in [0, 0.1) is 0 Å². The standard InChI is InChI=1S/C20H23N3O4/c1-3-14-5-4-6-16-17(13(2)24)10-22(19(14)16)11-18(25)21-7-8-23-15(9-21)12-27-20(23)26/h4-6,10,15H,3,7-9,11-12H2,1-2H3. The van der Waals surface area contributed by atoms with Gasteiger partial charge in [0.2, 0.25) is 5.91 Å². The average Bonchev–Trinajstić information content (AvgIpc) is 3.22. The molecule has 0 saturated carbocycles. The van der Waals surface area contributed by atoms with Gasteiger partial charge in [0.1, 0.15) is 13.2 Å². The van der Waals surface area contributed by atoms with Gasteiger partial charge >= 0.3 is 6.09 Å². The number of aryl methyl sites for hydroxylation is 1. The van der Waals surface area contributed by atoms with E-state index in [2.05, 4.69) is 6.92 Å². The van der Waals surface area contributed by atoms with E-state index in [4.69, 9.17) is 4.74 Å². The molecule has 2 aliphatic heterocycles. The summed E-state index contributed by atoms with van der Waals surface area (Å²) < 4.78 is 6.97. The molecular weight excluding hydrogens is 346 g/mol. The molecular formula is C20H23N3O4. The van der Waals surface area contributed by atoms with Crippen LogP contribution in [0.25, 0.3) is 10.9 Å². The van der Waals surface area contributed by atoms with E-state index in [0.29, 0.717) is 31.8 Å². The number of fused-ring (bicyclic) bond motifs is 2. The van der Waals surface area contributed by atoms with Gasteiger partial charge in [-0.05, 0) is 18.9 Å². The first-order valence-corrected chi connectivity index (χ1v) is 9.32. The zero-order chi connectivity index (χ0) is 19.1. The third-order valence-electron chi connectivity index (χ3n) is 5.52. The monoisotopic (exact) mass is 369 g/mol. The van der Waals surface area contributed by atoms with Crippen LogP contribution in [0.3, 0.4) is 0 Å². The lowest BCUT2D eigenvalue weighted by Crippen LogP contribution is -2.54. The number of rotatable bonds is 4. The SMILES string of the molecule is CCc1cccc2c(C(C)=O)cn(CC(=O)N3CCN4C(=O)OCC4C3)c12. The summed E-state index contributed by atoms with van der Waals surface area (Å²) in [6.07, 6.45) is 2.33. The molecule has 142 valence electrons. The Bertz CT molecular complexity index is 933. The van der Waals surface area contributed by atoms with Crippen LogP contribution >= 0.6 is 0 Å². The van der Waals surface area contributed by atoms with Crippen molar-refractivity contribution in [2.75, 3.05) is 26.2 Å². The number of ether oxygens (including phenoxy) is 1. The van der Waals surface area contributed by atoms with Gasteiger partial charge in [0, 0.05) is 36.8 Å². The fourth-order valence-corrected chi connectivity index (χ4v) is 4.09. The van der Waals surface area contributed by atoms with E-state index in [0.717, 1.165) is 22.9 Å². The molecule has 0 spiro atoms. The van der Waals surface area contributed by atoms with Gasteiger partial charge in [-0.2, -0.15) is 0 Å². The second-order valence-corrected chi connectivity index (χ2v) is 7.16. The smallest absolute Gasteiger partial charge is 0.410 e. The molecule has 3 heterocycles. The van der Waals surface area contributed by atoms with Gasteiger partial charge < -0.3 is 14.2 Å². The molecule has 1 aromatic heterocycles. The Morgan fingerprint density at radius 2 is 2.07 bits per heavy atom. The van der Waals surface area contributed by atoms with Crippen molar-refractivity contribution >= 4 is 28.7 Å². The normalized spacial score (nSPS) is 19.3. The molecule has 1 unspecified atom stereocenters. The summed E-state index contributed by atoms with van der Waals surface area (Å²) >= 11 is 0. The highest BCUT2D eigenvalue weighted by atomic mass is 16.6. The van der Waals surface area contributed by atoms with E-state index in [9.17, 15) is 14.4 Å². The highest BCUT2D eigenvalue weighted by Crippen LogP contribution is 2.26. The van der Waals surface area contributed by atoms with Crippen molar-refractivity contribution in [2.24, 2.45) is 0 Å². The van der Waals surface area contributed by atoms with Crippen LogP contribution in [0.2, 0.25) is 0 Å². The molecule has 1 aromatic carbocycles. The van der Waals surface area contributed by atoms with E-state index in [1.807, 2.05) is 22.8 Å². The average molecular weight is 369 g/mol. The van der Waals surface area contributed by atoms with Crippen molar-refractivity contribution in [1.29, 1.82) is 0 Å². The largest absolute Gasteiger partial charge is 0.447 e. The van der Waals surface area contributed by atoms with Crippen molar-refractivity contribution in [3.63, 3.8) is 0 Å². The maximum absolute atomic E-state index is 12.9. The van der Waals surface area contributed by atoms with Gasteiger partial charge in [0.05, 0.1) is 11.6 Å². The third-order valence-corrected chi connectivity index (χ3v) is 5.52. The summed E-state index contributed by atoms with van der Waals surface area (Å²) in [5.41, 5.74) is 2.72. The molecule has 0 bridgehead atoms. The zero-order valence-corrected chi connectivity index (χ0v) is 15.6. The molecule has 1 atom stereocenters. The van der Waals surface area contributed by atoms with Crippen molar-refractivity contribution < 1.29 is 19.1 Å². The molecule has 4 rings (SSSR count). The molecule has 27 heavy (non-hydrogen) atoms. The van der Waals surface area contributed by atoms with Gasteiger partial charge in [0.25, 0.3) is 0 Å². The molecule has 2 fully saturated rings. The summed E-state index contributed by atoms with van der Waals surface area (Å²) in [5.74, 6) is -0.0124. The Hall–Kier alpha value is -2.83. The summed E-state index contributed by atoms with van der Waals surface area (Å²) in [4.78, 5) is 40.1. The van der Waals surface area contributed by atoms with Gasteiger partial charge in [-0.1, -0.05) is 25.1 Å². The number of carbonyl (C=O) groups is 3. The molecule has 0 aliphatic carbocycles. The minimum absolute atomic E-state index is 0.00492. The second-order valence-electron chi connectivity index (χ2n) is 7.16. The minimum atomic E-state index is -0.290. The Balaban J connectivity index is 1.61. The van der Waals surface area contributed by atoms with E-state index < -0.39 is 0 Å². The van der Waals surface area contributed by atoms with E-state index >= 15 is 0 Å². The Labute approximate surface area is 157 Å². The van der Waals surface area contributed by atoms with Gasteiger partial charge in [0.15, 0.2) is 5.78 Å². The number of hydrogen-bond acceptors (Lipinski definition) is 4. The number of cyclic esters (lactones) is 1. The van der Waals surface area contributed by atoms with Crippen LogP contribution < -0.4 is 0 Å². The fourth-order valence-electron chi connectivity index (χ4n) is 4.09. The number of carbonyl (C=O) groups excluding carboxylic acids is 3. The maximum atomic E-state index is 12.9. The molecule has 2 saturated heterocycles. The molecule has 0 radical (unpaired) electrons. The highest BCUT2D eigenvalue weighted by Gasteiger charge is 2.38. The predicted molar refractivity (Wildman–Crippen MR) is 99.7 cm³/mol. The number of ketones is 1. The number of hydrogen-bond donors (Lipinski definition) is 0. The molecule has 2 amide bonds. The van der Waals surface area contributed by atoms with Gasteiger partial charge in [-0.25, -0.2) is 4.79 Å². The zero-order valence-electron chi connectivity index (χ0n) is 15.6. The first-order chi connectivity index (χ1) is 13.0. The molecule has 0 N–H and O–H groups in total.